The van der Waals surface area contributed by atoms with E-state index in [2.05, 4.69) is 81.3 Å². The summed E-state index contributed by atoms with van der Waals surface area (Å²) >= 11 is 8.61. The van der Waals surface area contributed by atoms with Crippen LogP contribution in [0.4, 0.5) is 0 Å². The van der Waals surface area contributed by atoms with Gasteiger partial charge in [-0.15, -0.1) is 0 Å². The monoisotopic (exact) mass is 574 g/mol. The van der Waals surface area contributed by atoms with Crippen molar-refractivity contribution >= 4 is 65.7 Å². The average molecular weight is 577 g/mol. The van der Waals surface area contributed by atoms with Gasteiger partial charge >= 0.3 is 29.7 Å². The minimum absolute atomic E-state index is 0.0955. The minimum atomic E-state index is -1.23. The van der Waals surface area contributed by atoms with Crippen molar-refractivity contribution in [1.29, 1.82) is 0 Å². The van der Waals surface area contributed by atoms with E-state index < -0.39 is 23.8 Å². The highest BCUT2D eigenvalue weighted by Gasteiger charge is 2.10. The van der Waals surface area contributed by atoms with Gasteiger partial charge in [0.2, 0.25) is 4.73 Å². The maximum atomic E-state index is 10.1. The Kier molecular flexibility index (Phi) is 8.76. The average Bonchev–Trinajstić information content (AvgIpc) is 3.30. The Hall–Kier alpha value is -2.59. The molecule has 0 aliphatic heterocycles. The van der Waals surface area contributed by atoms with E-state index in [0.29, 0.717) is 4.60 Å². The molecule has 3 aromatic heterocycles. The van der Waals surface area contributed by atoms with Gasteiger partial charge in [-0.25, -0.2) is 14.4 Å². The van der Waals surface area contributed by atoms with Crippen LogP contribution in [-0.2, 0) is 0 Å². The summed E-state index contributed by atoms with van der Waals surface area (Å²) in [5.41, 5.74) is -0.0955. The van der Waals surface area contributed by atoms with Gasteiger partial charge in [-0.3, -0.25) is 0 Å². The second-order valence-electron chi connectivity index (χ2n) is 3.75. The molecule has 0 aromatic carbocycles. The molecule has 0 aliphatic carbocycles. The standard InChI is InChI=1S/2C4H2BrNO3.C3HBrN2O3/c5-2-1-9-3(6-2)4(7)8;5-4-6-2(1-9-4)3(7)8;4-3-5-1(2(7)8)9-6-3/h2*1H,(H,7,8);(H,7,8). The highest BCUT2D eigenvalue weighted by atomic mass is 79.9. The van der Waals surface area contributed by atoms with Gasteiger partial charge in [0.25, 0.3) is 4.80 Å². The third-order valence-electron chi connectivity index (χ3n) is 1.94. The molecule has 13 nitrogen and oxygen atoms in total. The van der Waals surface area contributed by atoms with Gasteiger partial charge in [0.15, 0.2) is 5.69 Å². The molecule has 144 valence electrons. The van der Waals surface area contributed by atoms with Crippen LogP contribution < -0.4 is 0 Å². The van der Waals surface area contributed by atoms with Gasteiger partial charge in [0.1, 0.15) is 17.1 Å². The van der Waals surface area contributed by atoms with Crippen LogP contribution in [0.2, 0.25) is 0 Å². The third kappa shape index (κ3) is 8.09. The Morgan fingerprint density at radius 2 is 1.44 bits per heavy atom. The Bertz CT molecular complexity index is 816. The first kappa shape index (κ1) is 22.5. The number of rotatable bonds is 3. The summed E-state index contributed by atoms with van der Waals surface area (Å²) < 4.78 is 13.8. The summed E-state index contributed by atoms with van der Waals surface area (Å²) in [7, 11) is 0. The quantitative estimate of drug-likeness (QED) is 0.411. The summed E-state index contributed by atoms with van der Waals surface area (Å²) in [6, 6.07) is 0. The van der Waals surface area contributed by atoms with Crippen molar-refractivity contribution in [2.24, 2.45) is 0 Å². The molecule has 3 rings (SSSR count). The fraction of sp³-hybridized carbons (Fsp3) is 0. The molecule has 0 radical (unpaired) electrons. The maximum absolute atomic E-state index is 10.1. The predicted octanol–water partition coefficient (Wildman–Crippen LogP) is 2.80. The van der Waals surface area contributed by atoms with E-state index in [4.69, 9.17) is 15.3 Å². The van der Waals surface area contributed by atoms with E-state index in [1.165, 1.54) is 6.26 Å². The molecular weight excluding hydrogens is 572 g/mol. The van der Waals surface area contributed by atoms with E-state index in [9.17, 15) is 14.4 Å². The van der Waals surface area contributed by atoms with Crippen molar-refractivity contribution < 1.29 is 43.1 Å². The van der Waals surface area contributed by atoms with Crippen LogP contribution in [0.25, 0.3) is 0 Å². The van der Waals surface area contributed by atoms with E-state index in [0.717, 1.165) is 6.26 Å². The lowest BCUT2D eigenvalue weighted by Gasteiger charge is -1.77. The van der Waals surface area contributed by atoms with E-state index in [1.54, 1.807) is 0 Å². The van der Waals surface area contributed by atoms with Crippen molar-refractivity contribution in [2.75, 3.05) is 0 Å². The molecule has 3 N–H and O–H groups in total. The molecule has 0 bridgehead atoms. The van der Waals surface area contributed by atoms with Gasteiger partial charge < -0.3 is 28.7 Å². The fourth-order valence-corrected chi connectivity index (χ4v) is 1.77. The second kappa shape index (κ2) is 10.5. The topological polar surface area (TPSA) is 203 Å². The van der Waals surface area contributed by atoms with Gasteiger partial charge in [0, 0.05) is 15.9 Å². The summed E-state index contributed by atoms with van der Waals surface area (Å²) in [6.45, 7) is 0. The number of carboxylic acid groups (broad SMARTS) is 3. The van der Waals surface area contributed by atoms with Crippen LogP contribution in [0.3, 0.4) is 0 Å². The lowest BCUT2D eigenvalue weighted by molar-refractivity contribution is 0.0637. The van der Waals surface area contributed by atoms with Crippen LogP contribution in [-0.4, -0.2) is 53.3 Å². The molecule has 0 spiro atoms. The van der Waals surface area contributed by atoms with Crippen LogP contribution in [0.5, 0.6) is 0 Å². The third-order valence-corrected chi connectivity index (χ3v) is 2.99. The maximum Gasteiger partial charge on any atom is 0.394 e. The zero-order valence-electron chi connectivity index (χ0n) is 12.4. The Labute approximate surface area is 172 Å². The SMILES string of the molecule is O=C(O)c1coc(Br)n1.O=C(O)c1nc(Br)co1.O=C(O)c1nc(Br)no1. The van der Waals surface area contributed by atoms with Crippen molar-refractivity contribution in [3.8, 4) is 0 Å². The second-order valence-corrected chi connectivity index (χ2v) is 5.95. The summed E-state index contributed by atoms with van der Waals surface area (Å²) in [6.07, 6.45) is 2.27. The number of hydrogen-bond acceptors (Lipinski definition) is 10. The van der Waals surface area contributed by atoms with Crippen molar-refractivity contribution in [3.63, 3.8) is 0 Å². The Morgan fingerprint density at radius 3 is 1.67 bits per heavy atom. The number of carboxylic acids is 3. The number of aromatic carboxylic acids is 3. The summed E-state index contributed by atoms with van der Waals surface area (Å²) in [4.78, 5) is 40.6. The first-order valence-corrected chi connectivity index (χ1v) is 8.39. The van der Waals surface area contributed by atoms with Crippen LogP contribution >= 0.6 is 47.8 Å². The van der Waals surface area contributed by atoms with Gasteiger partial charge in [-0.1, -0.05) is 0 Å². The minimum Gasteiger partial charge on any atom is -0.476 e. The summed E-state index contributed by atoms with van der Waals surface area (Å²) in [5, 5.41) is 27.8. The van der Waals surface area contributed by atoms with E-state index in [1.807, 2.05) is 0 Å². The van der Waals surface area contributed by atoms with Gasteiger partial charge in [-0.05, 0) is 37.0 Å². The van der Waals surface area contributed by atoms with Crippen LogP contribution in [0, 0.1) is 0 Å². The molecule has 27 heavy (non-hydrogen) atoms. The number of aromatic nitrogens is 4. The molecule has 3 heterocycles. The molecule has 0 unspecified atom stereocenters. The molecule has 0 saturated heterocycles. The normalized spacial score (nSPS) is 9.44. The predicted molar refractivity (Wildman–Crippen MR) is 91.3 cm³/mol. The fourth-order valence-electron chi connectivity index (χ4n) is 0.995. The van der Waals surface area contributed by atoms with Crippen LogP contribution in [0.15, 0.2) is 40.0 Å². The van der Waals surface area contributed by atoms with E-state index >= 15 is 0 Å². The highest BCUT2D eigenvalue weighted by Crippen LogP contribution is 2.08. The number of halogens is 3. The smallest absolute Gasteiger partial charge is 0.394 e. The lowest BCUT2D eigenvalue weighted by Crippen LogP contribution is -1.94. The van der Waals surface area contributed by atoms with E-state index in [-0.39, 0.29) is 21.1 Å². The largest absolute Gasteiger partial charge is 0.476 e. The van der Waals surface area contributed by atoms with Crippen molar-refractivity contribution in [2.45, 2.75) is 0 Å². The molecular formula is C11H5Br3N4O9. The highest BCUT2D eigenvalue weighted by molar-refractivity contribution is 9.10. The molecule has 0 atom stereocenters. The zero-order valence-corrected chi connectivity index (χ0v) is 17.1. The number of oxazole rings is 2. The van der Waals surface area contributed by atoms with Crippen LogP contribution in [0.1, 0.15) is 31.9 Å². The van der Waals surface area contributed by atoms with Gasteiger partial charge in [-0.2, -0.15) is 15.0 Å². The number of nitrogens with zero attached hydrogens (tertiary/aromatic N) is 4. The number of hydrogen-bond donors (Lipinski definition) is 3. The molecule has 0 fully saturated rings. The molecule has 0 aliphatic rings. The molecule has 0 amide bonds. The Morgan fingerprint density at radius 1 is 0.815 bits per heavy atom. The molecule has 16 heteroatoms. The molecule has 3 aromatic rings. The summed E-state index contributed by atoms with van der Waals surface area (Å²) in [5.74, 6) is -4.21. The molecule has 0 saturated carbocycles. The van der Waals surface area contributed by atoms with Gasteiger partial charge in [0.05, 0.1) is 0 Å². The lowest BCUT2D eigenvalue weighted by atomic mass is 10.5. The first-order valence-electron chi connectivity index (χ1n) is 6.01. The zero-order chi connectivity index (χ0) is 20.6. The number of carbonyl (C=O) groups is 3. The van der Waals surface area contributed by atoms with Crippen molar-refractivity contribution in [3.05, 3.63) is 44.1 Å². The Balaban J connectivity index is 0.000000202. The first-order chi connectivity index (χ1) is 12.6. The van der Waals surface area contributed by atoms with Crippen molar-refractivity contribution in [1.82, 2.24) is 20.1 Å².